The van der Waals surface area contributed by atoms with Gasteiger partial charge >= 0.3 is 0 Å². The lowest BCUT2D eigenvalue weighted by Crippen LogP contribution is -2.41. The number of anilines is 2. The average molecular weight is 641 g/mol. The Kier molecular flexibility index (Phi) is 7.84. The standard InChI is InChI=1S/C35H30F2N4O6/c36-22-4-6-23(7-5-22)41(34(43)35(11-12-35)33(38)42)24-8-9-27(25(37)20-24)47-28-10-13-39-26-21-29(31-32(30(26)28)46-19-18-45-31)44-17-3-16-40-14-1-2-15-40/h1-2,4-10,13-15,20-21H,3,11-12,16-19H2,(H2,38,42). The number of fused-ring (bicyclic) bond motifs is 3. The summed E-state index contributed by atoms with van der Waals surface area (Å²) in [7, 11) is 0. The van der Waals surface area contributed by atoms with Crippen LogP contribution in [0.2, 0.25) is 0 Å². The van der Waals surface area contributed by atoms with Crippen molar-refractivity contribution in [1.82, 2.24) is 9.55 Å². The fraction of sp³-hybridized carbons (Fsp3) is 0.229. The number of benzene rings is 3. The molecule has 0 bridgehead atoms. The van der Waals surface area contributed by atoms with Crippen molar-refractivity contribution in [3.63, 3.8) is 0 Å². The second kappa shape index (κ2) is 12.3. The highest BCUT2D eigenvalue weighted by atomic mass is 19.1. The number of aromatic nitrogens is 2. The summed E-state index contributed by atoms with van der Waals surface area (Å²) in [5.74, 6) is -1.28. The summed E-state index contributed by atoms with van der Waals surface area (Å²) in [6.45, 7) is 1.84. The number of rotatable bonds is 11. The summed E-state index contributed by atoms with van der Waals surface area (Å²) < 4.78 is 55.7. The van der Waals surface area contributed by atoms with E-state index in [9.17, 15) is 14.0 Å². The third kappa shape index (κ3) is 5.78. The number of nitrogens with two attached hydrogens (primary N) is 1. The molecule has 0 spiro atoms. The van der Waals surface area contributed by atoms with Gasteiger partial charge in [0, 0.05) is 43.0 Å². The minimum absolute atomic E-state index is 0.117. The lowest BCUT2D eigenvalue weighted by Gasteiger charge is -2.27. The number of hydrogen-bond donors (Lipinski definition) is 1. The summed E-state index contributed by atoms with van der Waals surface area (Å²) >= 11 is 0. The topological polar surface area (TPSA) is 118 Å². The summed E-state index contributed by atoms with van der Waals surface area (Å²) in [5, 5.41) is 0.477. The smallest absolute Gasteiger partial charge is 0.247 e. The zero-order valence-corrected chi connectivity index (χ0v) is 25.2. The predicted octanol–water partition coefficient (Wildman–Crippen LogP) is 6.28. The first-order valence-corrected chi connectivity index (χ1v) is 15.2. The van der Waals surface area contributed by atoms with Crippen LogP contribution in [0.15, 0.2) is 85.3 Å². The third-order valence-electron chi connectivity index (χ3n) is 8.24. The Balaban J connectivity index is 1.18. The Morgan fingerprint density at radius 2 is 1.64 bits per heavy atom. The second-order valence-corrected chi connectivity index (χ2v) is 11.3. The van der Waals surface area contributed by atoms with Crippen LogP contribution < -0.4 is 29.6 Å². The number of pyridine rings is 1. The molecule has 3 aromatic carbocycles. The third-order valence-corrected chi connectivity index (χ3v) is 8.24. The fourth-order valence-electron chi connectivity index (χ4n) is 5.62. The van der Waals surface area contributed by atoms with Gasteiger partial charge in [0.05, 0.1) is 23.2 Å². The van der Waals surface area contributed by atoms with Crippen molar-refractivity contribution in [2.45, 2.75) is 25.8 Å². The van der Waals surface area contributed by atoms with E-state index in [4.69, 9.17) is 24.7 Å². The molecule has 240 valence electrons. The van der Waals surface area contributed by atoms with Crippen molar-refractivity contribution in [2.75, 3.05) is 24.7 Å². The normalized spacial score (nSPS) is 14.4. The molecule has 1 saturated carbocycles. The maximum absolute atomic E-state index is 15.8. The van der Waals surface area contributed by atoms with Crippen LogP contribution in [0.3, 0.4) is 0 Å². The van der Waals surface area contributed by atoms with Crippen molar-refractivity contribution in [2.24, 2.45) is 11.1 Å². The number of carbonyl (C=O) groups is 2. The molecule has 7 rings (SSSR count). The van der Waals surface area contributed by atoms with Crippen molar-refractivity contribution in [3.8, 4) is 28.7 Å². The number of hydrogen-bond acceptors (Lipinski definition) is 7. The quantitative estimate of drug-likeness (QED) is 0.133. The monoisotopic (exact) mass is 640 g/mol. The van der Waals surface area contributed by atoms with Crippen LogP contribution in [0.25, 0.3) is 10.9 Å². The molecule has 5 aromatic rings. The Bertz CT molecular complexity index is 1960. The van der Waals surface area contributed by atoms with Crippen molar-refractivity contribution in [3.05, 3.63) is 97.0 Å². The van der Waals surface area contributed by atoms with E-state index in [0.717, 1.165) is 19.0 Å². The van der Waals surface area contributed by atoms with Gasteiger partial charge < -0.3 is 29.2 Å². The van der Waals surface area contributed by atoms with Gasteiger partial charge in [0.25, 0.3) is 0 Å². The lowest BCUT2D eigenvalue weighted by atomic mass is 10.0. The van der Waals surface area contributed by atoms with Gasteiger partial charge in [-0.1, -0.05) is 0 Å². The van der Waals surface area contributed by atoms with E-state index in [0.29, 0.717) is 41.4 Å². The average Bonchev–Trinajstić information content (AvgIpc) is 3.74. The van der Waals surface area contributed by atoms with Gasteiger partial charge in [0.1, 0.15) is 30.2 Å². The van der Waals surface area contributed by atoms with Crippen LogP contribution in [-0.4, -0.2) is 41.2 Å². The van der Waals surface area contributed by atoms with Gasteiger partial charge in [-0.3, -0.25) is 19.5 Å². The highest BCUT2D eigenvalue weighted by molar-refractivity contribution is 6.16. The first-order valence-electron chi connectivity index (χ1n) is 15.2. The number of ether oxygens (including phenoxy) is 4. The first-order chi connectivity index (χ1) is 22.8. The van der Waals surface area contributed by atoms with Crippen LogP contribution >= 0.6 is 0 Å². The molecule has 2 N–H and O–H groups in total. The van der Waals surface area contributed by atoms with Gasteiger partial charge in [0.15, 0.2) is 23.1 Å². The van der Waals surface area contributed by atoms with Gasteiger partial charge in [-0.15, -0.1) is 0 Å². The van der Waals surface area contributed by atoms with Crippen LogP contribution in [0.4, 0.5) is 20.2 Å². The Labute approximate surface area is 268 Å². The molecule has 0 atom stereocenters. The summed E-state index contributed by atoms with van der Waals surface area (Å²) in [6.07, 6.45) is 6.82. The molecule has 10 nitrogen and oxygen atoms in total. The predicted molar refractivity (Wildman–Crippen MR) is 168 cm³/mol. The van der Waals surface area contributed by atoms with Gasteiger partial charge in [0.2, 0.25) is 17.6 Å². The number of nitrogens with zero attached hydrogens (tertiary/aromatic N) is 3. The van der Waals surface area contributed by atoms with E-state index >= 15 is 4.39 Å². The molecule has 2 aromatic heterocycles. The molecule has 3 heterocycles. The molecule has 1 fully saturated rings. The van der Waals surface area contributed by atoms with E-state index < -0.39 is 28.9 Å². The van der Waals surface area contributed by atoms with E-state index in [1.807, 2.05) is 24.5 Å². The van der Waals surface area contributed by atoms with Gasteiger partial charge in [-0.25, -0.2) is 8.78 Å². The molecule has 2 amide bonds. The van der Waals surface area contributed by atoms with Crippen molar-refractivity contribution < 1.29 is 37.3 Å². The van der Waals surface area contributed by atoms with Gasteiger partial charge in [-0.2, -0.15) is 0 Å². The summed E-state index contributed by atoms with van der Waals surface area (Å²) in [5.41, 5.74) is 5.04. The summed E-state index contributed by atoms with van der Waals surface area (Å²) in [6, 6.07) is 16.3. The van der Waals surface area contributed by atoms with E-state index in [1.54, 1.807) is 12.1 Å². The first kappa shape index (κ1) is 30.0. The van der Waals surface area contributed by atoms with Crippen LogP contribution in [0.1, 0.15) is 19.3 Å². The second-order valence-electron chi connectivity index (χ2n) is 11.3. The number of halogens is 2. The molecule has 1 aliphatic carbocycles. The Morgan fingerprint density at radius 1 is 0.915 bits per heavy atom. The molecule has 1 aliphatic heterocycles. The molecule has 0 unspecified atom stereocenters. The van der Waals surface area contributed by atoms with Crippen molar-refractivity contribution >= 4 is 34.1 Å². The van der Waals surface area contributed by atoms with E-state index in [-0.39, 0.29) is 42.3 Å². The fourth-order valence-corrected chi connectivity index (χ4v) is 5.62. The summed E-state index contributed by atoms with van der Waals surface area (Å²) in [4.78, 5) is 31.5. The van der Waals surface area contributed by atoms with Crippen molar-refractivity contribution in [1.29, 1.82) is 0 Å². The highest BCUT2D eigenvalue weighted by Crippen LogP contribution is 2.50. The molecule has 47 heavy (non-hydrogen) atoms. The number of carbonyl (C=O) groups excluding carboxylic acids is 2. The Morgan fingerprint density at radius 3 is 2.34 bits per heavy atom. The maximum Gasteiger partial charge on any atom is 0.247 e. The van der Waals surface area contributed by atoms with E-state index in [1.165, 1.54) is 47.5 Å². The Hall–Kier alpha value is -5.65. The molecule has 2 aliphatic rings. The zero-order valence-electron chi connectivity index (χ0n) is 25.2. The largest absolute Gasteiger partial charge is 0.489 e. The van der Waals surface area contributed by atoms with Crippen LogP contribution in [0, 0.1) is 17.0 Å². The molecule has 0 radical (unpaired) electrons. The number of amides is 2. The minimum Gasteiger partial charge on any atom is -0.489 e. The van der Waals surface area contributed by atoms with E-state index in [2.05, 4.69) is 9.55 Å². The minimum atomic E-state index is -1.40. The molecular formula is C35H30F2N4O6. The SMILES string of the molecule is NC(=O)C1(C(=O)N(c2ccc(F)cc2)c2ccc(Oc3ccnc4cc(OCCCn5cccc5)c5c(c34)OCCO5)c(F)c2)CC1. The molecular weight excluding hydrogens is 610 g/mol. The number of primary amides is 1. The molecule has 12 heteroatoms. The van der Waals surface area contributed by atoms with Crippen LogP contribution in [-0.2, 0) is 16.1 Å². The molecule has 0 saturated heterocycles. The van der Waals surface area contributed by atoms with Crippen LogP contribution in [0.5, 0.6) is 28.7 Å². The maximum atomic E-state index is 15.8. The number of aryl methyl sites for hydroxylation is 1. The highest BCUT2D eigenvalue weighted by Gasteiger charge is 2.57. The van der Waals surface area contributed by atoms with Gasteiger partial charge in [-0.05, 0) is 73.9 Å². The lowest BCUT2D eigenvalue weighted by molar-refractivity contribution is -0.133. The zero-order chi connectivity index (χ0) is 32.5.